The van der Waals surface area contributed by atoms with E-state index >= 15 is 0 Å². The molecule has 152 valence electrons. The summed E-state index contributed by atoms with van der Waals surface area (Å²) >= 11 is 0. The summed E-state index contributed by atoms with van der Waals surface area (Å²) in [6.45, 7) is 0.270. The number of piperidine rings is 2. The van der Waals surface area contributed by atoms with Gasteiger partial charge in [0.2, 0.25) is 5.88 Å². The van der Waals surface area contributed by atoms with Crippen LogP contribution in [0, 0.1) is 5.92 Å². The Labute approximate surface area is 170 Å². The zero-order chi connectivity index (χ0) is 20.2. The number of Topliss-reactive ketones (excluding diaryl/α,β-unsaturated/α-hetero) is 1. The summed E-state index contributed by atoms with van der Waals surface area (Å²) < 4.78 is 10.7. The van der Waals surface area contributed by atoms with Crippen molar-refractivity contribution in [1.29, 1.82) is 0 Å². The fourth-order valence-corrected chi connectivity index (χ4v) is 4.56. The summed E-state index contributed by atoms with van der Waals surface area (Å²) in [7, 11) is 1.54. The Morgan fingerprint density at radius 1 is 1.03 bits per heavy atom. The van der Waals surface area contributed by atoms with Crippen LogP contribution in [0.15, 0.2) is 48.5 Å². The summed E-state index contributed by atoms with van der Waals surface area (Å²) in [6.07, 6.45) is 3.95. The van der Waals surface area contributed by atoms with E-state index in [0.29, 0.717) is 24.4 Å². The summed E-state index contributed by atoms with van der Waals surface area (Å²) in [5, 5.41) is 0. The number of carbonyl (C=O) groups excluding carboxylic acids is 2. The van der Waals surface area contributed by atoms with Gasteiger partial charge < -0.3 is 14.4 Å². The van der Waals surface area contributed by atoms with Crippen LogP contribution in [0.5, 0.6) is 5.88 Å². The van der Waals surface area contributed by atoms with E-state index in [4.69, 9.17) is 9.47 Å². The minimum Gasteiger partial charge on any atom is -0.481 e. The predicted molar refractivity (Wildman–Crippen MR) is 108 cm³/mol. The first kappa shape index (κ1) is 19.4. The van der Waals surface area contributed by atoms with E-state index in [-0.39, 0.29) is 36.5 Å². The molecule has 2 unspecified atom stereocenters. The SMILES string of the molecule is COc1cccc(C(=O)C2CC3CCCC(C2)N3C(=O)OCc2ccccc2)n1. The van der Waals surface area contributed by atoms with Crippen molar-refractivity contribution in [2.75, 3.05) is 7.11 Å². The van der Waals surface area contributed by atoms with E-state index in [1.807, 2.05) is 35.2 Å². The van der Waals surface area contributed by atoms with Crippen LogP contribution in [-0.2, 0) is 11.3 Å². The topological polar surface area (TPSA) is 68.7 Å². The Bertz CT molecular complexity index is 856. The van der Waals surface area contributed by atoms with Gasteiger partial charge in [0.25, 0.3) is 0 Å². The average Bonchev–Trinajstić information content (AvgIpc) is 2.76. The van der Waals surface area contributed by atoms with Gasteiger partial charge in [-0.2, -0.15) is 0 Å². The lowest BCUT2D eigenvalue weighted by molar-refractivity contribution is 0.00462. The minimum atomic E-state index is -0.269. The molecule has 1 amide bonds. The van der Waals surface area contributed by atoms with Crippen molar-refractivity contribution < 1.29 is 19.1 Å². The molecule has 2 atom stereocenters. The van der Waals surface area contributed by atoms with Gasteiger partial charge in [-0.3, -0.25) is 4.79 Å². The summed E-state index contributed by atoms with van der Waals surface area (Å²) in [4.78, 5) is 32.0. The highest BCUT2D eigenvalue weighted by atomic mass is 16.6. The number of pyridine rings is 1. The van der Waals surface area contributed by atoms with Crippen molar-refractivity contribution in [3.63, 3.8) is 0 Å². The van der Waals surface area contributed by atoms with Gasteiger partial charge in [-0.25, -0.2) is 9.78 Å². The number of carbonyl (C=O) groups is 2. The molecular formula is C23H26N2O4. The van der Waals surface area contributed by atoms with Crippen molar-refractivity contribution in [2.24, 2.45) is 5.92 Å². The van der Waals surface area contributed by atoms with Gasteiger partial charge in [-0.15, -0.1) is 0 Å². The van der Waals surface area contributed by atoms with E-state index in [2.05, 4.69) is 4.98 Å². The highest BCUT2D eigenvalue weighted by Gasteiger charge is 2.44. The second kappa shape index (κ2) is 8.64. The Hall–Kier alpha value is -2.89. The monoisotopic (exact) mass is 394 g/mol. The Kier molecular flexibility index (Phi) is 5.79. The van der Waals surface area contributed by atoms with E-state index in [0.717, 1.165) is 24.8 Å². The molecule has 29 heavy (non-hydrogen) atoms. The number of hydrogen-bond donors (Lipinski definition) is 0. The van der Waals surface area contributed by atoms with E-state index in [1.165, 1.54) is 0 Å². The van der Waals surface area contributed by atoms with Gasteiger partial charge in [0.15, 0.2) is 5.78 Å². The molecule has 0 spiro atoms. The zero-order valence-electron chi connectivity index (χ0n) is 16.6. The molecule has 6 nitrogen and oxygen atoms in total. The van der Waals surface area contributed by atoms with Gasteiger partial charge in [-0.1, -0.05) is 36.4 Å². The molecule has 3 heterocycles. The number of ether oxygens (including phenoxy) is 2. The number of nitrogens with zero attached hydrogens (tertiary/aromatic N) is 2. The first-order valence-electron chi connectivity index (χ1n) is 10.2. The number of rotatable bonds is 5. The Morgan fingerprint density at radius 3 is 2.45 bits per heavy atom. The summed E-state index contributed by atoms with van der Waals surface area (Å²) in [6, 6.07) is 15.0. The van der Waals surface area contributed by atoms with Crippen LogP contribution in [0.25, 0.3) is 0 Å². The molecule has 0 saturated carbocycles. The van der Waals surface area contributed by atoms with Crippen LogP contribution in [0.1, 0.15) is 48.2 Å². The molecule has 1 aromatic heterocycles. The van der Waals surface area contributed by atoms with Gasteiger partial charge in [0.1, 0.15) is 12.3 Å². The molecule has 0 radical (unpaired) electrons. The number of hydrogen-bond acceptors (Lipinski definition) is 5. The third-order valence-electron chi connectivity index (χ3n) is 5.95. The van der Waals surface area contributed by atoms with Crippen LogP contribution in [0.4, 0.5) is 4.79 Å². The van der Waals surface area contributed by atoms with Gasteiger partial charge in [0.05, 0.1) is 7.11 Å². The fraction of sp³-hybridized carbons (Fsp3) is 0.435. The van der Waals surface area contributed by atoms with E-state index < -0.39 is 0 Å². The molecule has 2 saturated heterocycles. The lowest BCUT2D eigenvalue weighted by Crippen LogP contribution is -2.55. The van der Waals surface area contributed by atoms with E-state index in [9.17, 15) is 9.59 Å². The van der Waals surface area contributed by atoms with Crippen molar-refractivity contribution in [3.05, 3.63) is 59.8 Å². The standard InChI is InChI=1S/C23H26N2O4/c1-28-21-12-6-11-20(24-21)22(26)17-13-18-9-5-10-19(14-17)25(18)23(27)29-15-16-7-3-2-4-8-16/h2-4,6-8,11-12,17-19H,5,9-10,13-15H2,1H3. The number of methoxy groups -OCH3 is 1. The molecule has 2 aromatic rings. The van der Waals surface area contributed by atoms with Crippen molar-refractivity contribution in [2.45, 2.75) is 50.8 Å². The van der Waals surface area contributed by atoms with E-state index in [1.54, 1.807) is 25.3 Å². The summed E-state index contributed by atoms with van der Waals surface area (Å²) in [5.41, 5.74) is 1.41. The van der Waals surface area contributed by atoms with Crippen LogP contribution < -0.4 is 4.74 Å². The predicted octanol–water partition coefficient (Wildman–Crippen LogP) is 4.24. The number of benzene rings is 1. The molecule has 6 heteroatoms. The molecule has 2 fully saturated rings. The van der Waals surface area contributed by atoms with Gasteiger partial charge in [-0.05, 0) is 43.7 Å². The van der Waals surface area contributed by atoms with Crippen LogP contribution >= 0.6 is 0 Å². The first-order valence-corrected chi connectivity index (χ1v) is 10.2. The second-order valence-corrected chi connectivity index (χ2v) is 7.78. The largest absolute Gasteiger partial charge is 0.481 e. The minimum absolute atomic E-state index is 0.0399. The van der Waals surface area contributed by atoms with Crippen LogP contribution in [-0.4, -0.2) is 41.0 Å². The maximum absolute atomic E-state index is 13.0. The molecule has 1 aromatic carbocycles. The quantitative estimate of drug-likeness (QED) is 0.710. The third kappa shape index (κ3) is 4.26. The third-order valence-corrected chi connectivity index (χ3v) is 5.95. The molecular weight excluding hydrogens is 368 g/mol. The van der Waals surface area contributed by atoms with Crippen LogP contribution in [0.3, 0.4) is 0 Å². The highest BCUT2D eigenvalue weighted by molar-refractivity contribution is 5.96. The van der Waals surface area contributed by atoms with Crippen molar-refractivity contribution in [1.82, 2.24) is 9.88 Å². The maximum Gasteiger partial charge on any atom is 0.410 e. The molecule has 2 aliphatic rings. The first-order chi connectivity index (χ1) is 14.2. The average molecular weight is 394 g/mol. The highest BCUT2D eigenvalue weighted by Crippen LogP contribution is 2.38. The number of ketones is 1. The smallest absolute Gasteiger partial charge is 0.410 e. The van der Waals surface area contributed by atoms with Gasteiger partial charge >= 0.3 is 6.09 Å². The fourth-order valence-electron chi connectivity index (χ4n) is 4.56. The normalized spacial score (nSPS) is 23.3. The molecule has 4 rings (SSSR count). The maximum atomic E-state index is 13.0. The Morgan fingerprint density at radius 2 is 1.76 bits per heavy atom. The number of fused-ring (bicyclic) bond motifs is 2. The Balaban J connectivity index is 1.43. The lowest BCUT2D eigenvalue weighted by Gasteiger charge is -2.47. The molecule has 2 bridgehead atoms. The lowest BCUT2D eigenvalue weighted by atomic mass is 9.76. The van der Waals surface area contributed by atoms with Gasteiger partial charge in [0, 0.05) is 24.1 Å². The number of aromatic nitrogens is 1. The zero-order valence-corrected chi connectivity index (χ0v) is 16.6. The van der Waals surface area contributed by atoms with Crippen molar-refractivity contribution in [3.8, 4) is 5.88 Å². The van der Waals surface area contributed by atoms with Crippen molar-refractivity contribution >= 4 is 11.9 Å². The van der Waals surface area contributed by atoms with Crippen LogP contribution in [0.2, 0.25) is 0 Å². The molecule has 0 N–H and O–H groups in total. The number of amides is 1. The second-order valence-electron chi connectivity index (χ2n) is 7.78. The molecule has 0 aliphatic carbocycles. The molecule has 2 aliphatic heterocycles. The summed E-state index contributed by atoms with van der Waals surface area (Å²) in [5.74, 6) is 0.360.